The van der Waals surface area contributed by atoms with E-state index in [1.807, 2.05) is 31.2 Å². The zero-order chi connectivity index (χ0) is 12.3. The molecule has 0 unspecified atom stereocenters. The third-order valence-electron chi connectivity index (χ3n) is 2.90. The minimum absolute atomic E-state index is 0.0338. The minimum Gasteiger partial charge on any atom is -0.322 e. The minimum atomic E-state index is 0.0338. The normalized spacial score (nSPS) is 17.8. The molecule has 1 amide bonds. The molecule has 1 N–H and O–H groups in total. The summed E-state index contributed by atoms with van der Waals surface area (Å²) in [5.41, 5.74) is 3.77. The Labute approximate surface area is 101 Å². The molecular weight excluding hydrogens is 212 g/mol. The van der Waals surface area contributed by atoms with Gasteiger partial charge >= 0.3 is 0 Å². The molecule has 1 aliphatic rings. The van der Waals surface area contributed by atoms with Gasteiger partial charge in [-0.25, -0.2) is 0 Å². The molecule has 2 rings (SSSR count). The molecule has 3 nitrogen and oxygen atoms in total. The van der Waals surface area contributed by atoms with Gasteiger partial charge in [0.2, 0.25) is 0 Å². The Balaban J connectivity index is 2.38. The summed E-state index contributed by atoms with van der Waals surface area (Å²) in [5.74, 6) is 0.0338. The molecule has 3 heteroatoms. The summed E-state index contributed by atoms with van der Waals surface area (Å²) in [6, 6.07) is 5.74. The van der Waals surface area contributed by atoms with Crippen molar-refractivity contribution in [3.05, 3.63) is 46.9 Å². The highest BCUT2D eigenvalue weighted by Crippen LogP contribution is 2.26. The van der Waals surface area contributed by atoms with Gasteiger partial charge in [-0.15, -0.1) is 0 Å². The number of nitrogens with zero attached hydrogens (tertiary/aromatic N) is 1. The van der Waals surface area contributed by atoms with E-state index < -0.39 is 0 Å². The lowest BCUT2D eigenvalue weighted by atomic mass is 10.0. The van der Waals surface area contributed by atoms with Gasteiger partial charge in [0.15, 0.2) is 0 Å². The summed E-state index contributed by atoms with van der Waals surface area (Å²) in [5, 5.41) is 2.91. The smallest absolute Gasteiger partial charge is 0.251 e. The van der Waals surface area contributed by atoms with Gasteiger partial charge in [-0.05, 0) is 36.6 Å². The molecule has 0 aromatic carbocycles. The van der Waals surface area contributed by atoms with Crippen LogP contribution in [0.3, 0.4) is 0 Å². The summed E-state index contributed by atoms with van der Waals surface area (Å²) in [6.45, 7) is 4.08. The van der Waals surface area contributed by atoms with E-state index in [0.29, 0.717) is 0 Å². The predicted octanol–water partition coefficient (Wildman–Crippen LogP) is 2.67. The lowest BCUT2D eigenvalue weighted by Gasteiger charge is -2.02. The van der Waals surface area contributed by atoms with E-state index >= 15 is 0 Å². The Morgan fingerprint density at radius 2 is 2.00 bits per heavy atom. The van der Waals surface area contributed by atoms with Gasteiger partial charge in [-0.1, -0.05) is 19.9 Å². The van der Waals surface area contributed by atoms with Crippen LogP contribution in [-0.4, -0.2) is 10.9 Å². The average molecular weight is 228 g/mol. The fourth-order valence-electron chi connectivity index (χ4n) is 2.08. The Bertz CT molecular complexity index is 486. The number of carbonyl (C=O) groups is 1. The second-order valence-corrected chi connectivity index (χ2v) is 3.93. The number of hydrogen-bond acceptors (Lipinski definition) is 2. The molecule has 2 heterocycles. The third-order valence-corrected chi connectivity index (χ3v) is 2.90. The van der Waals surface area contributed by atoms with Crippen LogP contribution in [0.4, 0.5) is 0 Å². The van der Waals surface area contributed by atoms with Crippen molar-refractivity contribution >= 4 is 12.0 Å². The van der Waals surface area contributed by atoms with Crippen LogP contribution >= 0.6 is 0 Å². The number of carbonyl (C=O) groups excluding carboxylic acids is 1. The molecule has 17 heavy (non-hydrogen) atoms. The first-order valence-electron chi connectivity index (χ1n) is 5.92. The number of allylic oxidation sites excluding steroid dienone is 1. The Kier molecular flexibility index (Phi) is 3.38. The number of hydrogen-bond donors (Lipinski definition) is 1. The number of rotatable bonds is 3. The summed E-state index contributed by atoms with van der Waals surface area (Å²) in [7, 11) is 0. The van der Waals surface area contributed by atoms with Crippen molar-refractivity contribution in [1.82, 2.24) is 10.3 Å². The monoisotopic (exact) mass is 228 g/mol. The Hall–Kier alpha value is -1.90. The van der Waals surface area contributed by atoms with Crippen LogP contribution in [0, 0.1) is 0 Å². The second kappa shape index (κ2) is 4.95. The highest BCUT2D eigenvalue weighted by atomic mass is 16.1. The van der Waals surface area contributed by atoms with E-state index in [0.717, 1.165) is 35.4 Å². The number of amides is 1. The van der Waals surface area contributed by atoms with Crippen molar-refractivity contribution in [3.8, 4) is 0 Å². The average Bonchev–Trinajstić information content (AvgIpc) is 2.65. The summed E-state index contributed by atoms with van der Waals surface area (Å²) < 4.78 is 0. The van der Waals surface area contributed by atoms with Gasteiger partial charge in [0, 0.05) is 17.5 Å². The first-order valence-corrected chi connectivity index (χ1v) is 5.92. The van der Waals surface area contributed by atoms with Crippen LogP contribution in [0.1, 0.15) is 32.4 Å². The second-order valence-electron chi connectivity index (χ2n) is 3.93. The molecule has 1 aliphatic heterocycles. The van der Waals surface area contributed by atoms with E-state index in [9.17, 15) is 4.79 Å². The van der Waals surface area contributed by atoms with Crippen LogP contribution in [-0.2, 0) is 4.79 Å². The third kappa shape index (κ3) is 2.28. The number of nitrogens with one attached hydrogen (secondary N) is 1. The molecule has 1 aromatic rings. The van der Waals surface area contributed by atoms with Crippen molar-refractivity contribution in [3.63, 3.8) is 0 Å². The van der Waals surface area contributed by atoms with Crippen LogP contribution in [0.25, 0.3) is 6.08 Å². The van der Waals surface area contributed by atoms with Crippen molar-refractivity contribution < 1.29 is 4.79 Å². The van der Waals surface area contributed by atoms with Crippen molar-refractivity contribution in [2.45, 2.75) is 26.7 Å². The zero-order valence-corrected chi connectivity index (χ0v) is 10.2. The van der Waals surface area contributed by atoms with E-state index in [4.69, 9.17) is 0 Å². The van der Waals surface area contributed by atoms with Crippen LogP contribution in [0.5, 0.6) is 0 Å². The van der Waals surface area contributed by atoms with Gasteiger partial charge in [0.25, 0.3) is 5.91 Å². The first kappa shape index (κ1) is 11.6. The van der Waals surface area contributed by atoms with Crippen molar-refractivity contribution in [2.75, 3.05) is 0 Å². The summed E-state index contributed by atoms with van der Waals surface area (Å²) in [6.07, 6.45) is 5.31. The van der Waals surface area contributed by atoms with Gasteiger partial charge in [-0.3, -0.25) is 9.78 Å². The molecule has 0 atom stereocenters. The quantitative estimate of drug-likeness (QED) is 0.864. The summed E-state index contributed by atoms with van der Waals surface area (Å²) >= 11 is 0. The molecule has 88 valence electrons. The molecular formula is C14H16N2O. The fourth-order valence-corrected chi connectivity index (χ4v) is 2.08. The largest absolute Gasteiger partial charge is 0.322 e. The van der Waals surface area contributed by atoms with E-state index in [-0.39, 0.29) is 5.91 Å². The van der Waals surface area contributed by atoms with Crippen LogP contribution in [0.15, 0.2) is 41.2 Å². The molecule has 0 bridgehead atoms. The van der Waals surface area contributed by atoms with Crippen molar-refractivity contribution in [1.29, 1.82) is 0 Å². The van der Waals surface area contributed by atoms with E-state index in [1.54, 1.807) is 6.20 Å². The first-order chi connectivity index (χ1) is 8.26. The van der Waals surface area contributed by atoms with E-state index in [1.165, 1.54) is 0 Å². The summed E-state index contributed by atoms with van der Waals surface area (Å²) in [4.78, 5) is 16.0. The SMILES string of the molecule is CCC1=C(CC)/C(=C\c2ccccn2)NC1=O. The van der Waals surface area contributed by atoms with Crippen LogP contribution in [0.2, 0.25) is 0 Å². The maximum absolute atomic E-state index is 11.7. The topological polar surface area (TPSA) is 42.0 Å². The lowest BCUT2D eigenvalue weighted by molar-refractivity contribution is -0.116. The van der Waals surface area contributed by atoms with Gasteiger partial charge in [0.05, 0.1) is 5.69 Å². The molecule has 0 aliphatic carbocycles. The Morgan fingerprint density at radius 1 is 1.24 bits per heavy atom. The molecule has 0 saturated heterocycles. The number of pyridine rings is 1. The molecule has 0 radical (unpaired) electrons. The maximum atomic E-state index is 11.7. The standard InChI is InChI=1S/C14H16N2O/c1-3-11-12(4-2)14(17)16-13(11)9-10-7-5-6-8-15-10/h5-9H,3-4H2,1-2H3,(H,16,17)/b13-9+. The number of aromatic nitrogens is 1. The van der Waals surface area contributed by atoms with Crippen LogP contribution < -0.4 is 5.32 Å². The fraction of sp³-hybridized carbons (Fsp3) is 0.286. The molecule has 0 saturated carbocycles. The molecule has 0 spiro atoms. The highest BCUT2D eigenvalue weighted by molar-refractivity contribution is 6.01. The van der Waals surface area contributed by atoms with Gasteiger partial charge in [-0.2, -0.15) is 0 Å². The lowest BCUT2D eigenvalue weighted by Crippen LogP contribution is -2.16. The maximum Gasteiger partial charge on any atom is 0.251 e. The van der Waals surface area contributed by atoms with Gasteiger partial charge in [0.1, 0.15) is 0 Å². The highest BCUT2D eigenvalue weighted by Gasteiger charge is 2.24. The van der Waals surface area contributed by atoms with Crippen molar-refractivity contribution in [2.24, 2.45) is 0 Å². The predicted molar refractivity (Wildman–Crippen MR) is 68.0 cm³/mol. The molecule has 0 fully saturated rings. The zero-order valence-electron chi connectivity index (χ0n) is 10.2. The Morgan fingerprint density at radius 3 is 2.59 bits per heavy atom. The molecule has 1 aromatic heterocycles. The van der Waals surface area contributed by atoms with Gasteiger partial charge < -0.3 is 5.32 Å². The van der Waals surface area contributed by atoms with E-state index in [2.05, 4.69) is 17.2 Å².